The Labute approximate surface area is 203 Å². The number of nitrogens with two attached hydrogens (primary N) is 1. The number of rotatable bonds is 6. The summed E-state index contributed by atoms with van der Waals surface area (Å²) in [6.45, 7) is 0. The highest BCUT2D eigenvalue weighted by Gasteiger charge is 2.23. The summed E-state index contributed by atoms with van der Waals surface area (Å²) in [5.41, 5.74) is 6.48. The highest BCUT2D eigenvalue weighted by molar-refractivity contribution is 7.90. The minimum absolute atomic E-state index is 0.00502. The fourth-order valence-corrected chi connectivity index (χ4v) is 4.79. The van der Waals surface area contributed by atoms with Gasteiger partial charge in [-0.15, -0.1) is 0 Å². The first-order valence-corrected chi connectivity index (χ1v) is 12.2. The van der Waals surface area contributed by atoms with Crippen LogP contribution < -0.4 is 11.1 Å². The Bertz CT molecular complexity index is 1580. The molecule has 0 unspecified atom stereocenters. The van der Waals surface area contributed by atoms with Gasteiger partial charge in [0.1, 0.15) is 0 Å². The van der Waals surface area contributed by atoms with Gasteiger partial charge in [0.05, 0.1) is 42.9 Å². The number of fused-ring (bicyclic) bond motifs is 1. The number of imidazole rings is 1. The number of carboxylic acid groups (broad SMARTS) is 1. The highest BCUT2D eigenvalue weighted by Crippen LogP contribution is 2.36. The average molecular weight is 519 g/mol. The molecule has 4 rings (SSSR count). The van der Waals surface area contributed by atoms with Gasteiger partial charge in [0, 0.05) is 11.8 Å². The first-order valence-electron chi connectivity index (χ1n) is 9.58. The molecular formula is C22H16Cl2N4O5S. The smallest absolute Gasteiger partial charge is 0.335 e. The van der Waals surface area contributed by atoms with Crippen molar-refractivity contribution in [3.05, 3.63) is 75.8 Å². The number of hydrogen-bond donors (Lipinski definition) is 3. The van der Waals surface area contributed by atoms with E-state index in [0.29, 0.717) is 11.2 Å². The van der Waals surface area contributed by atoms with Crippen molar-refractivity contribution in [1.82, 2.24) is 9.55 Å². The highest BCUT2D eigenvalue weighted by atomic mass is 35.5. The lowest BCUT2D eigenvalue weighted by Gasteiger charge is -2.16. The van der Waals surface area contributed by atoms with E-state index in [1.807, 2.05) is 0 Å². The Balaban J connectivity index is 2.06. The lowest BCUT2D eigenvalue weighted by molar-refractivity contribution is 0.0696. The summed E-state index contributed by atoms with van der Waals surface area (Å²) in [7, 11) is -3.84. The van der Waals surface area contributed by atoms with Crippen molar-refractivity contribution < 1.29 is 23.1 Å². The lowest BCUT2D eigenvalue weighted by Crippen LogP contribution is -2.14. The van der Waals surface area contributed by atoms with Crippen molar-refractivity contribution in [1.29, 1.82) is 0 Å². The first kappa shape index (κ1) is 23.6. The van der Waals surface area contributed by atoms with E-state index in [4.69, 9.17) is 28.9 Å². The molecule has 0 saturated heterocycles. The van der Waals surface area contributed by atoms with Crippen molar-refractivity contribution in [2.75, 3.05) is 11.6 Å². The number of benzene rings is 3. The number of carbonyl (C=O) groups is 2. The quantitative estimate of drug-likeness (QED) is 0.345. The fourth-order valence-electron chi connectivity index (χ4n) is 3.42. The van der Waals surface area contributed by atoms with Gasteiger partial charge in [-0.2, -0.15) is 0 Å². The molecule has 0 aliphatic heterocycles. The Morgan fingerprint density at radius 1 is 1.03 bits per heavy atom. The SMILES string of the molecule is CS(=O)(=O)c1cc(C(N)=O)ccc1-n1c(Nc2c(Cl)cccc2Cl)nc2cc(C(=O)O)ccc21. The van der Waals surface area contributed by atoms with Crippen LogP contribution in [0.15, 0.2) is 59.5 Å². The van der Waals surface area contributed by atoms with Crippen LogP contribution >= 0.6 is 23.2 Å². The Kier molecular flexibility index (Phi) is 5.98. The van der Waals surface area contributed by atoms with Crippen LogP contribution in [-0.2, 0) is 9.84 Å². The van der Waals surface area contributed by atoms with Crippen molar-refractivity contribution >= 4 is 67.6 Å². The van der Waals surface area contributed by atoms with Crippen LogP contribution in [0.2, 0.25) is 10.0 Å². The number of nitrogens with zero attached hydrogens (tertiary/aromatic N) is 2. The summed E-state index contributed by atoms with van der Waals surface area (Å²) in [6.07, 6.45) is 0.996. The van der Waals surface area contributed by atoms with Crippen LogP contribution in [0, 0.1) is 0 Å². The molecule has 4 aromatic rings. The van der Waals surface area contributed by atoms with Gasteiger partial charge in [-0.3, -0.25) is 9.36 Å². The van der Waals surface area contributed by atoms with Crippen LogP contribution in [-0.4, -0.2) is 41.2 Å². The molecule has 9 nitrogen and oxygen atoms in total. The topological polar surface area (TPSA) is 144 Å². The molecule has 34 heavy (non-hydrogen) atoms. The molecule has 0 bridgehead atoms. The predicted molar refractivity (Wildman–Crippen MR) is 129 cm³/mol. The number of primary amides is 1. The molecule has 1 amide bonds. The van der Waals surface area contributed by atoms with Crippen LogP contribution in [0.25, 0.3) is 16.7 Å². The Morgan fingerprint density at radius 3 is 2.26 bits per heavy atom. The number of hydrogen-bond acceptors (Lipinski definition) is 6. The van der Waals surface area contributed by atoms with E-state index in [9.17, 15) is 23.1 Å². The second kappa shape index (κ2) is 8.64. The number of halogens is 2. The molecule has 0 aliphatic rings. The fraction of sp³-hybridized carbons (Fsp3) is 0.0455. The Morgan fingerprint density at radius 2 is 1.68 bits per heavy atom. The molecule has 0 spiro atoms. The van der Waals surface area contributed by atoms with Crippen molar-refractivity contribution in [2.24, 2.45) is 5.73 Å². The summed E-state index contributed by atoms with van der Waals surface area (Å²) < 4.78 is 26.8. The summed E-state index contributed by atoms with van der Waals surface area (Å²) in [6, 6.07) is 13.1. The van der Waals surface area contributed by atoms with Crippen LogP contribution in [0.5, 0.6) is 0 Å². The number of carboxylic acids is 1. The summed E-state index contributed by atoms with van der Waals surface area (Å²) >= 11 is 12.6. The third kappa shape index (κ3) is 4.30. The van der Waals surface area contributed by atoms with Crippen LogP contribution in [0.1, 0.15) is 20.7 Å². The molecule has 174 valence electrons. The number of nitrogens with one attached hydrogen (secondary N) is 1. The van der Waals surface area contributed by atoms with Gasteiger partial charge in [-0.1, -0.05) is 29.3 Å². The molecule has 1 aromatic heterocycles. The predicted octanol–water partition coefficient (Wildman–Crippen LogP) is 4.28. The van der Waals surface area contributed by atoms with E-state index in [0.717, 1.165) is 6.26 Å². The van der Waals surface area contributed by atoms with Gasteiger partial charge in [0.25, 0.3) is 0 Å². The Hall–Kier alpha value is -3.60. The second-order valence-corrected chi connectivity index (χ2v) is 10.1. The van der Waals surface area contributed by atoms with E-state index < -0.39 is 21.7 Å². The van der Waals surface area contributed by atoms with Crippen molar-refractivity contribution in [3.8, 4) is 5.69 Å². The molecule has 12 heteroatoms. The summed E-state index contributed by atoms with van der Waals surface area (Å²) in [5, 5.41) is 13.0. The molecular weight excluding hydrogens is 503 g/mol. The van der Waals surface area contributed by atoms with Gasteiger partial charge >= 0.3 is 5.97 Å². The minimum Gasteiger partial charge on any atom is -0.478 e. The average Bonchev–Trinajstić information content (AvgIpc) is 3.12. The summed E-state index contributed by atoms with van der Waals surface area (Å²) in [4.78, 5) is 27.4. The van der Waals surface area contributed by atoms with Gasteiger partial charge in [-0.05, 0) is 48.5 Å². The van der Waals surface area contributed by atoms with Gasteiger partial charge in [-0.25, -0.2) is 18.2 Å². The van der Waals surface area contributed by atoms with Gasteiger partial charge < -0.3 is 16.2 Å². The van der Waals surface area contributed by atoms with E-state index >= 15 is 0 Å². The molecule has 3 aromatic carbocycles. The standard InChI is InChI=1S/C22H16Cl2N4O5S/c1-34(32,33)18-10-11(20(25)29)5-8-17(18)28-16-7-6-12(21(30)31)9-15(16)26-22(28)27-19-13(23)3-2-4-14(19)24/h2-10H,1H3,(H2,25,29)(H,26,27)(H,30,31). The maximum absolute atomic E-state index is 12.7. The van der Waals surface area contributed by atoms with E-state index in [1.165, 1.54) is 41.0 Å². The number of aromatic carboxylic acids is 1. The third-order valence-electron chi connectivity index (χ3n) is 4.99. The lowest BCUT2D eigenvalue weighted by atomic mass is 10.1. The number of aromatic nitrogens is 2. The normalized spacial score (nSPS) is 11.5. The number of carbonyl (C=O) groups excluding carboxylic acids is 1. The number of para-hydroxylation sites is 1. The van der Waals surface area contributed by atoms with E-state index in [1.54, 1.807) is 18.2 Å². The largest absolute Gasteiger partial charge is 0.478 e. The van der Waals surface area contributed by atoms with Gasteiger partial charge in [0.2, 0.25) is 11.9 Å². The molecule has 0 radical (unpaired) electrons. The first-order chi connectivity index (χ1) is 16.0. The zero-order valence-electron chi connectivity index (χ0n) is 17.4. The van der Waals surface area contributed by atoms with Crippen LogP contribution in [0.3, 0.4) is 0 Å². The molecule has 1 heterocycles. The zero-order valence-corrected chi connectivity index (χ0v) is 19.7. The number of amides is 1. The monoisotopic (exact) mass is 518 g/mol. The maximum Gasteiger partial charge on any atom is 0.335 e. The number of sulfone groups is 1. The van der Waals surface area contributed by atoms with E-state index in [-0.39, 0.29) is 43.2 Å². The van der Waals surface area contributed by atoms with Crippen molar-refractivity contribution in [3.63, 3.8) is 0 Å². The third-order valence-corrected chi connectivity index (χ3v) is 6.74. The number of anilines is 2. The minimum atomic E-state index is -3.84. The summed E-state index contributed by atoms with van der Waals surface area (Å²) in [5.74, 6) is -1.83. The molecule has 0 aliphatic carbocycles. The maximum atomic E-state index is 12.7. The molecule has 4 N–H and O–H groups in total. The van der Waals surface area contributed by atoms with Gasteiger partial charge in [0.15, 0.2) is 9.84 Å². The zero-order chi connectivity index (χ0) is 24.8. The van der Waals surface area contributed by atoms with Crippen molar-refractivity contribution in [2.45, 2.75) is 4.90 Å². The van der Waals surface area contributed by atoms with Crippen LogP contribution in [0.4, 0.5) is 11.6 Å². The molecule has 0 fully saturated rings. The second-order valence-electron chi connectivity index (χ2n) is 7.32. The molecule has 0 saturated carbocycles. The van der Waals surface area contributed by atoms with E-state index in [2.05, 4.69) is 10.3 Å². The molecule has 0 atom stereocenters.